The molecular weight excluding hydrogens is 324 g/mol. The third-order valence-corrected chi connectivity index (χ3v) is 4.99. The molecule has 2 heterocycles. The zero-order chi connectivity index (χ0) is 17.3. The Morgan fingerprint density at radius 3 is 2.62 bits per heavy atom. The minimum Gasteiger partial charge on any atom is -0.481 e. The van der Waals surface area contributed by atoms with Crippen LogP contribution in [0.1, 0.15) is 24.0 Å². The van der Waals surface area contributed by atoms with Gasteiger partial charge in [-0.3, -0.25) is 14.2 Å². The third kappa shape index (κ3) is 2.85. The predicted octanol–water partition coefficient (Wildman–Crippen LogP) is 3.47. The van der Waals surface area contributed by atoms with E-state index in [-0.39, 0.29) is 18.5 Å². The highest BCUT2D eigenvalue weighted by Gasteiger charge is 2.19. The highest BCUT2D eigenvalue weighted by molar-refractivity contribution is 7.19. The van der Waals surface area contributed by atoms with Crippen LogP contribution in [0.15, 0.2) is 35.1 Å². The van der Waals surface area contributed by atoms with Crippen LogP contribution in [-0.4, -0.2) is 20.6 Å². The average Bonchev–Trinajstić information content (AvgIpc) is 2.90. The molecule has 124 valence electrons. The fraction of sp³-hybridized carbons (Fsp3) is 0.278. The molecule has 0 atom stereocenters. The zero-order valence-corrected chi connectivity index (χ0v) is 14.4. The molecule has 0 aliphatic heterocycles. The van der Waals surface area contributed by atoms with Gasteiger partial charge in [-0.2, -0.15) is 0 Å². The van der Waals surface area contributed by atoms with E-state index in [2.05, 4.69) is 4.98 Å². The molecular formula is C18H18N2O3S. The molecule has 0 amide bonds. The van der Waals surface area contributed by atoms with Gasteiger partial charge in [-0.05, 0) is 12.5 Å². The number of carboxylic acids is 1. The Morgan fingerprint density at radius 2 is 2.00 bits per heavy atom. The van der Waals surface area contributed by atoms with Crippen LogP contribution in [0.4, 0.5) is 0 Å². The van der Waals surface area contributed by atoms with Crippen molar-refractivity contribution < 1.29 is 9.90 Å². The van der Waals surface area contributed by atoms with Crippen LogP contribution < -0.4 is 5.56 Å². The number of aromatic nitrogens is 2. The lowest BCUT2D eigenvalue weighted by molar-refractivity contribution is -0.137. The van der Waals surface area contributed by atoms with Crippen molar-refractivity contribution in [2.24, 2.45) is 0 Å². The topological polar surface area (TPSA) is 72.2 Å². The monoisotopic (exact) mass is 342 g/mol. The van der Waals surface area contributed by atoms with Crippen molar-refractivity contribution >= 4 is 27.5 Å². The number of aliphatic carboxylic acids is 1. The number of hydrogen-bond donors (Lipinski definition) is 1. The fourth-order valence-corrected chi connectivity index (χ4v) is 3.95. The first-order valence-electron chi connectivity index (χ1n) is 7.83. The second-order valence-corrected chi connectivity index (χ2v) is 6.76. The average molecular weight is 342 g/mol. The minimum atomic E-state index is -0.922. The minimum absolute atomic E-state index is 0.0934. The van der Waals surface area contributed by atoms with Crippen molar-refractivity contribution in [2.45, 2.75) is 33.2 Å². The van der Waals surface area contributed by atoms with Gasteiger partial charge < -0.3 is 5.11 Å². The van der Waals surface area contributed by atoms with E-state index in [1.165, 1.54) is 15.9 Å². The lowest BCUT2D eigenvalue weighted by Gasteiger charge is -2.10. The molecule has 0 fully saturated rings. The van der Waals surface area contributed by atoms with Crippen LogP contribution in [0.2, 0.25) is 0 Å². The first kappa shape index (κ1) is 16.4. The maximum absolute atomic E-state index is 13.1. The molecule has 24 heavy (non-hydrogen) atoms. The maximum atomic E-state index is 13.1. The van der Waals surface area contributed by atoms with Gasteiger partial charge in [-0.1, -0.05) is 37.3 Å². The Labute approximate surface area is 143 Å². The summed E-state index contributed by atoms with van der Waals surface area (Å²) in [5.41, 5.74) is 1.73. The van der Waals surface area contributed by atoms with Crippen LogP contribution >= 0.6 is 11.3 Å². The van der Waals surface area contributed by atoms with Gasteiger partial charge in [0.15, 0.2) is 0 Å². The summed E-state index contributed by atoms with van der Waals surface area (Å²) in [6, 6.07) is 9.77. The van der Waals surface area contributed by atoms with Crippen LogP contribution in [0.5, 0.6) is 0 Å². The summed E-state index contributed by atoms with van der Waals surface area (Å²) < 4.78 is 1.51. The van der Waals surface area contributed by atoms with Gasteiger partial charge in [-0.15, -0.1) is 11.3 Å². The van der Waals surface area contributed by atoms with Gasteiger partial charge in [0.1, 0.15) is 10.7 Å². The molecule has 3 rings (SSSR count). The van der Waals surface area contributed by atoms with Crippen molar-refractivity contribution in [1.82, 2.24) is 9.55 Å². The van der Waals surface area contributed by atoms with Gasteiger partial charge in [0.05, 0.1) is 11.8 Å². The summed E-state index contributed by atoms with van der Waals surface area (Å²) in [5, 5.41) is 9.53. The summed E-state index contributed by atoms with van der Waals surface area (Å²) in [7, 11) is 0. The van der Waals surface area contributed by atoms with E-state index in [9.17, 15) is 9.59 Å². The van der Waals surface area contributed by atoms with Crippen LogP contribution in [-0.2, 0) is 17.8 Å². The number of hydrogen-bond acceptors (Lipinski definition) is 4. The van der Waals surface area contributed by atoms with Gasteiger partial charge in [0.25, 0.3) is 5.56 Å². The summed E-state index contributed by atoms with van der Waals surface area (Å²) in [4.78, 5) is 30.4. The summed E-state index contributed by atoms with van der Waals surface area (Å²) in [6.07, 6.45) is 0.492. The Bertz CT molecular complexity index is 958. The van der Waals surface area contributed by atoms with Crippen molar-refractivity contribution in [1.29, 1.82) is 0 Å². The number of benzene rings is 1. The molecule has 5 nitrogen and oxygen atoms in total. The molecule has 6 heteroatoms. The number of aryl methyl sites for hydroxylation is 2. The SMILES string of the molecule is CCc1nc2sc(C)c(-c3ccccc3)c2c(=O)n1CCC(=O)O. The molecule has 0 spiro atoms. The van der Waals surface area contributed by atoms with Crippen molar-refractivity contribution in [3.05, 3.63) is 51.4 Å². The second-order valence-electron chi connectivity index (χ2n) is 5.56. The maximum Gasteiger partial charge on any atom is 0.305 e. The number of rotatable bonds is 5. The molecule has 0 bridgehead atoms. The molecule has 2 aromatic heterocycles. The fourth-order valence-electron chi connectivity index (χ4n) is 2.90. The smallest absolute Gasteiger partial charge is 0.305 e. The molecule has 0 aliphatic rings. The highest BCUT2D eigenvalue weighted by atomic mass is 32.1. The van der Waals surface area contributed by atoms with Crippen LogP contribution in [0, 0.1) is 6.92 Å². The number of fused-ring (bicyclic) bond motifs is 1. The van der Waals surface area contributed by atoms with Gasteiger partial charge in [-0.25, -0.2) is 4.98 Å². The molecule has 1 aromatic carbocycles. The Balaban J connectivity index is 2.28. The van der Waals surface area contributed by atoms with Crippen molar-refractivity contribution in [3.63, 3.8) is 0 Å². The van der Waals surface area contributed by atoms with E-state index in [0.29, 0.717) is 17.6 Å². The first-order valence-corrected chi connectivity index (χ1v) is 8.64. The van der Waals surface area contributed by atoms with E-state index >= 15 is 0 Å². The van der Waals surface area contributed by atoms with E-state index in [4.69, 9.17) is 5.11 Å². The largest absolute Gasteiger partial charge is 0.481 e. The lowest BCUT2D eigenvalue weighted by atomic mass is 10.0. The van der Waals surface area contributed by atoms with E-state index in [0.717, 1.165) is 20.8 Å². The molecule has 3 aromatic rings. The first-order chi connectivity index (χ1) is 11.5. The summed E-state index contributed by atoms with van der Waals surface area (Å²) >= 11 is 1.51. The molecule has 1 N–H and O–H groups in total. The van der Waals surface area contributed by atoms with Gasteiger partial charge in [0, 0.05) is 23.4 Å². The third-order valence-electron chi connectivity index (χ3n) is 3.99. The van der Waals surface area contributed by atoms with E-state index < -0.39 is 5.97 Å². The highest BCUT2D eigenvalue weighted by Crippen LogP contribution is 2.35. The van der Waals surface area contributed by atoms with Crippen molar-refractivity contribution in [3.8, 4) is 11.1 Å². The molecule has 0 saturated carbocycles. The lowest BCUT2D eigenvalue weighted by Crippen LogP contribution is -2.26. The van der Waals surface area contributed by atoms with Crippen LogP contribution in [0.25, 0.3) is 21.3 Å². The standard InChI is InChI=1S/C18H18N2O3S/c1-3-13-19-17-16(18(23)20(13)10-9-14(21)22)15(11(2)24-17)12-7-5-4-6-8-12/h4-8H,3,9-10H2,1-2H3,(H,21,22). The Hall–Kier alpha value is -2.47. The molecule has 0 aliphatic carbocycles. The summed E-state index contributed by atoms with van der Waals surface area (Å²) in [6.45, 7) is 4.05. The number of carboxylic acid groups (broad SMARTS) is 1. The van der Waals surface area contributed by atoms with Crippen molar-refractivity contribution in [2.75, 3.05) is 0 Å². The van der Waals surface area contributed by atoms with Gasteiger partial charge in [0.2, 0.25) is 0 Å². The number of carbonyl (C=O) groups is 1. The van der Waals surface area contributed by atoms with E-state index in [1.807, 2.05) is 44.2 Å². The Morgan fingerprint density at radius 1 is 1.29 bits per heavy atom. The summed E-state index contributed by atoms with van der Waals surface area (Å²) in [5.74, 6) is -0.288. The zero-order valence-electron chi connectivity index (χ0n) is 13.6. The molecule has 0 radical (unpaired) electrons. The Kier molecular flexibility index (Phi) is 4.49. The molecule has 0 unspecified atom stereocenters. The predicted molar refractivity (Wildman–Crippen MR) is 95.7 cm³/mol. The quantitative estimate of drug-likeness (QED) is 0.770. The molecule has 0 saturated heterocycles. The van der Waals surface area contributed by atoms with Crippen LogP contribution in [0.3, 0.4) is 0 Å². The normalized spacial score (nSPS) is 11.1. The van der Waals surface area contributed by atoms with Gasteiger partial charge >= 0.3 is 5.97 Å². The second kappa shape index (κ2) is 6.57. The number of nitrogens with zero attached hydrogens (tertiary/aromatic N) is 2. The van der Waals surface area contributed by atoms with E-state index in [1.54, 1.807) is 0 Å². The number of thiophene rings is 1.